The molecule has 60 heavy (non-hydrogen) atoms. The van der Waals surface area contributed by atoms with E-state index >= 15 is 0 Å². The number of aliphatic hydroxyl groups is 1. The lowest BCUT2D eigenvalue weighted by Gasteiger charge is -2.25. The van der Waals surface area contributed by atoms with E-state index in [1.165, 1.54) is 173 Å². The van der Waals surface area contributed by atoms with Gasteiger partial charge in [-0.1, -0.05) is 204 Å². The summed E-state index contributed by atoms with van der Waals surface area (Å²) in [5.41, 5.74) is 0. The highest BCUT2D eigenvalue weighted by Gasteiger charge is 2.27. The molecule has 0 bridgehead atoms. The molecule has 0 radical (unpaired) electrons. The van der Waals surface area contributed by atoms with Crippen LogP contribution in [0.15, 0.2) is 36.5 Å². The molecule has 0 aliphatic heterocycles. The Bertz CT molecular complexity index is 1070. The van der Waals surface area contributed by atoms with E-state index in [-0.39, 0.29) is 19.1 Å². The largest absolute Gasteiger partial charge is 0.472 e. The fourth-order valence-electron chi connectivity index (χ4n) is 7.29. The zero-order valence-corrected chi connectivity index (χ0v) is 41.1. The molecule has 0 spiro atoms. The molecule has 0 aromatic rings. The highest BCUT2D eigenvalue weighted by Crippen LogP contribution is 2.43. The molecule has 0 heterocycles. The number of phosphoric ester groups is 1. The number of allylic oxidation sites excluding steroid dienone is 5. The van der Waals surface area contributed by atoms with Crippen LogP contribution in [0, 0.1) is 0 Å². The van der Waals surface area contributed by atoms with Crippen molar-refractivity contribution in [3.63, 3.8) is 0 Å². The van der Waals surface area contributed by atoms with Crippen LogP contribution in [-0.2, 0) is 18.4 Å². The molecule has 8 nitrogen and oxygen atoms in total. The average molecular weight is 868 g/mol. The first-order chi connectivity index (χ1) is 29.0. The number of hydrogen-bond donors (Lipinski definition) is 3. The second-order valence-corrected chi connectivity index (χ2v) is 20.0. The predicted octanol–water partition coefficient (Wildman–Crippen LogP) is 14.6. The van der Waals surface area contributed by atoms with Gasteiger partial charge in [0.25, 0.3) is 0 Å². The first kappa shape index (κ1) is 58.7. The monoisotopic (exact) mass is 868 g/mol. The minimum absolute atomic E-state index is 0.0562. The Kier molecular flexibility index (Phi) is 42.1. The summed E-state index contributed by atoms with van der Waals surface area (Å²) in [4.78, 5) is 23.1. The summed E-state index contributed by atoms with van der Waals surface area (Å²) in [5, 5.41) is 13.8. The highest BCUT2D eigenvalue weighted by atomic mass is 31.2. The number of likely N-dealkylation sites (N-methyl/N-ethyl adjacent to an activating group) is 1. The van der Waals surface area contributed by atoms with Gasteiger partial charge >= 0.3 is 7.82 Å². The Morgan fingerprint density at radius 1 is 0.550 bits per heavy atom. The van der Waals surface area contributed by atoms with Crippen molar-refractivity contribution >= 4 is 13.7 Å². The van der Waals surface area contributed by atoms with E-state index in [4.69, 9.17) is 9.05 Å². The van der Waals surface area contributed by atoms with Gasteiger partial charge in [0.15, 0.2) is 0 Å². The molecule has 0 fully saturated rings. The van der Waals surface area contributed by atoms with E-state index in [1.54, 1.807) is 6.08 Å². The molecule has 354 valence electrons. The van der Waals surface area contributed by atoms with Gasteiger partial charge in [-0.3, -0.25) is 13.8 Å². The quantitative estimate of drug-likeness (QED) is 0.0244. The number of hydrogen-bond acceptors (Lipinski definition) is 5. The maximum Gasteiger partial charge on any atom is 0.472 e. The molecule has 0 aromatic carbocycles. The first-order valence-corrected chi connectivity index (χ1v) is 26.9. The van der Waals surface area contributed by atoms with Crippen molar-refractivity contribution in [3.8, 4) is 0 Å². The van der Waals surface area contributed by atoms with Gasteiger partial charge in [0, 0.05) is 6.42 Å². The lowest BCUT2D eigenvalue weighted by molar-refractivity contribution is -0.870. The smallest absolute Gasteiger partial charge is 0.387 e. The van der Waals surface area contributed by atoms with Gasteiger partial charge in [-0.25, -0.2) is 4.57 Å². The molecule has 0 aliphatic rings. The van der Waals surface area contributed by atoms with E-state index in [9.17, 15) is 19.4 Å². The second kappa shape index (κ2) is 43.0. The van der Waals surface area contributed by atoms with Crippen molar-refractivity contribution in [2.24, 2.45) is 0 Å². The Morgan fingerprint density at radius 3 is 1.33 bits per heavy atom. The molecule has 1 amide bonds. The van der Waals surface area contributed by atoms with E-state index in [0.29, 0.717) is 17.4 Å². The minimum Gasteiger partial charge on any atom is -0.387 e. The Balaban J connectivity index is 4.14. The van der Waals surface area contributed by atoms with E-state index in [2.05, 4.69) is 43.5 Å². The summed E-state index contributed by atoms with van der Waals surface area (Å²) < 4.78 is 23.5. The number of carbonyl (C=O) groups is 1. The third-order valence-electron chi connectivity index (χ3n) is 11.3. The number of phosphoric acid groups is 1. The molecule has 0 rings (SSSR count). The van der Waals surface area contributed by atoms with Gasteiger partial charge in [0.1, 0.15) is 13.2 Å². The number of amides is 1. The van der Waals surface area contributed by atoms with Crippen LogP contribution in [-0.4, -0.2) is 73.4 Å². The van der Waals surface area contributed by atoms with Crippen molar-refractivity contribution in [3.05, 3.63) is 36.5 Å². The number of quaternary nitrogens is 1. The molecule has 0 saturated carbocycles. The summed E-state index contributed by atoms with van der Waals surface area (Å²) >= 11 is 0. The lowest BCUT2D eigenvalue weighted by Crippen LogP contribution is -2.45. The predicted molar refractivity (Wildman–Crippen MR) is 258 cm³/mol. The summed E-state index contributed by atoms with van der Waals surface area (Å²) in [5.74, 6) is -0.188. The van der Waals surface area contributed by atoms with Crippen LogP contribution < -0.4 is 5.32 Å². The molecular formula is C51H100N2O6P+. The van der Waals surface area contributed by atoms with Crippen LogP contribution in [0.25, 0.3) is 0 Å². The van der Waals surface area contributed by atoms with Gasteiger partial charge < -0.3 is 19.8 Å². The number of nitrogens with zero attached hydrogens (tertiary/aromatic N) is 1. The van der Waals surface area contributed by atoms with Crippen molar-refractivity contribution in [1.29, 1.82) is 0 Å². The van der Waals surface area contributed by atoms with Crippen LogP contribution in [0.4, 0.5) is 0 Å². The summed E-state index contributed by atoms with van der Waals surface area (Å²) in [6.07, 6.45) is 53.9. The van der Waals surface area contributed by atoms with Crippen molar-refractivity contribution in [1.82, 2.24) is 5.32 Å². The standard InChI is InChI=1S/C51H99N2O6P/c1-6-8-10-12-14-16-18-19-20-21-22-23-24-25-26-27-28-29-30-31-32-33-35-37-39-41-43-45-51(55)52-49(48-59-60(56,57)58-47-46-53(3,4)5)50(54)44-42-40-38-36-34-17-15-13-11-9-7-2/h25-26,34,36,42,44,49-50,54H,6-24,27-33,35,37-41,43,45-48H2,1-5H3,(H-,52,55,56,57)/p+1/b26-25-,36-34+,44-42+. The summed E-state index contributed by atoms with van der Waals surface area (Å²) in [6.45, 7) is 4.78. The van der Waals surface area contributed by atoms with Crippen molar-refractivity contribution in [2.45, 2.75) is 244 Å². The van der Waals surface area contributed by atoms with Crippen LogP contribution in [0.3, 0.4) is 0 Å². The Labute approximate surface area is 372 Å². The number of rotatable bonds is 46. The van der Waals surface area contributed by atoms with E-state index < -0.39 is 20.0 Å². The number of nitrogens with one attached hydrogen (secondary N) is 1. The lowest BCUT2D eigenvalue weighted by atomic mass is 10.0. The first-order valence-electron chi connectivity index (χ1n) is 25.4. The SMILES string of the molecule is CCCCCCC/C=C/CC/C=C/C(O)C(COP(=O)(O)OCC[N+](C)(C)C)NC(=O)CCCCCCCCCCCCC/C=C\CCCCCCCCCCCCCC. The number of unbranched alkanes of at least 4 members (excludes halogenated alkanes) is 29. The summed E-state index contributed by atoms with van der Waals surface area (Å²) in [6, 6.07) is -0.861. The van der Waals surface area contributed by atoms with Gasteiger partial charge in [-0.15, -0.1) is 0 Å². The van der Waals surface area contributed by atoms with Crippen LogP contribution in [0.2, 0.25) is 0 Å². The number of aliphatic hydroxyl groups excluding tert-OH is 1. The van der Waals surface area contributed by atoms with Gasteiger partial charge in [-0.2, -0.15) is 0 Å². The van der Waals surface area contributed by atoms with Gasteiger partial charge in [0.2, 0.25) is 5.91 Å². The maximum absolute atomic E-state index is 12.9. The normalized spacial score (nSPS) is 14.4. The van der Waals surface area contributed by atoms with Gasteiger partial charge in [-0.05, 0) is 57.8 Å². The molecule has 9 heteroatoms. The van der Waals surface area contributed by atoms with Crippen LogP contribution in [0.5, 0.6) is 0 Å². The van der Waals surface area contributed by atoms with Crippen LogP contribution in [0.1, 0.15) is 232 Å². The zero-order chi connectivity index (χ0) is 44.3. The maximum atomic E-state index is 12.9. The zero-order valence-electron chi connectivity index (χ0n) is 40.2. The second-order valence-electron chi connectivity index (χ2n) is 18.5. The molecular weight excluding hydrogens is 768 g/mol. The minimum atomic E-state index is -4.34. The number of carbonyl (C=O) groups excluding carboxylic acids is 1. The molecule has 0 aromatic heterocycles. The highest BCUT2D eigenvalue weighted by molar-refractivity contribution is 7.47. The Hall–Kier alpha value is -1.28. The molecule has 0 aliphatic carbocycles. The van der Waals surface area contributed by atoms with Crippen LogP contribution >= 0.6 is 7.82 Å². The fraction of sp³-hybridized carbons (Fsp3) is 0.863. The average Bonchev–Trinajstić information content (AvgIpc) is 3.20. The topological polar surface area (TPSA) is 105 Å². The summed E-state index contributed by atoms with van der Waals surface area (Å²) in [7, 11) is 1.56. The molecule has 0 saturated heterocycles. The molecule has 3 N–H and O–H groups in total. The van der Waals surface area contributed by atoms with E-state index in [0.717, 1.165) is 38.5 Å². The fourth-order valence-corrected chi connectivity index (χ4v) is 8.02. The van der Waals surface area contributed by atoms with Crippen molar-refractivity contribution in [2.75, 3.05) is 40.9 Å². The molecule has 3 atom stereocenters. The Morgan fingerprint density at radius 2 is 0.917 bits per heavy atom. The van der Waals surface area contributed by atoms with Gasteiger partial charge in [0.05, 0.1) is 39.9 Å². The van der Waals surface area contributed by atoms with Crippen molar-refractivity contribution < 1.29 is 32.9 Å². The third kappa shape index (κ3) is 44.8. The van der Waals surface area contributed by atoms with E-state index in [1.807, 2.05) is 27.2 Å². The third-order valence-corrected chi connectivity index (χ3v) is 12.3. The molecule has 3 unspecified atom stereocenters.